The van der Waals surface area contributed by atoms with Gasteiger partial charge in [0.05, 0.1) is 0 Å². The molecule has 0 aliphatic carbocycles. The standard InChI is InChI=1S/C19H38O2/c1-2-3-4-5-6-7-8-9-10-11-15-20-16-12-13-19-14-17-21-18-19/h19H,2-18H2,1H3/t19-/m1/s1. The number of rotatable bonds is 15. The lowest BCUT2D eigenvalue weighted by Gasteiger charge is -2.07. The number of ether oxygens (including phenoxy) is 2. The molecule has 0 aromatic heterocycles. The van der Waals surface area contributed by atoms with Crippen LogP contribution in [0.3, 0.4) is 0 Å². The molecule has 1 aliphatic heterocycles. The van der Waals surface area contributed by atoms with E-state index < -0.39 is 0 Å². The predicted octanol–water partition coefficient (Wildman–Crippen LogP) is 5.74. The smallest absolute Gasteiger partial charge is 0.0495 e. The second-order valence-corrected chi connectivity index (χ2v) is 6.67. The van der Waals surface area contributed by atoms with Crippen LogP contribution < -0.4 is 0 Å². The molecule has 2 heteroatoms. The van der Waals surface area contributed by atoms with Crippen LogP contribution in [0, 0.1) is 5.92 Å². The molecule has 0 saturated carbocycles. The zero-order valence-corrected chi connectivity index (χ0v) is 14.4. The van der Waals surface area contributed by atoms with Crippen molar-refractivity contribution in [2.45, 2.75) is 90.4 Å². The van der Waals surface area contributed by atoms with Gasteiger partial charge in [0.25, 0.3) is 0 Å². The third-order valence-electron chi connectivity index (χ3n) is 4.57. The van der Waals surface area contributed by atoms with Crippen molar-refractivity contribution in [3.8, 4) is 0 Å². The Bertz CT molecular complexity index is 200. The van der Waals surface area contributed by atoms with Gasteiger partial charge in [0, 0.05) is 26.4 Å². The topological polar surface area (TPSA) is 18.5 Å². The molecule has 0 aromatic carbocycles. The minimum atomic E-state index is 0.811. The van der Waals surface area contributed by atoms with E-state index in [0.717, 1.165) is 32.3 Å². The van der Waals surface area contributed by atoms with E-state index in [1.165, 1.54) is 83.5 Å². The molecule has 21 heavy (non-hydrogen) atoms. The second kappa shape index (κ2) is 14.8. The van der Waals surface area contributed by atoms with Crippen LogP contribution in [-0.4, -0.2) is 26.4 Å². The maximum Gasteiger partial charge on any atom is 0.0495 e. The molecule has 0 amide bonds. The van der Waals surface area contributed by atoms with Crippen LogP contribution >= 0.6 is 0 Å². The maximum absolute atomic E-state index is 5.72. The fourth-order valence-electron chi connectivity index (χ4n) is 3.08. The molecule has 0 spiro atoms. The number of unbranched alkanes of at least 4 members (excludes halogenated alkanes) is 9. The quantitative estimate of drug-likeness (QED) is 0.359. The molecule has 1 saturated heterocycles. The lowest BCUT2D eigenvalue weighted by atomic mass is 10.0. The van der Waals surface area contributed by atoms with Crippen LogP contribution in [-0.2, 0) is 9.47 Å². The highest BCUT2D eigenvalue weighted by Gasteiger charge is 2.14. The highest BCUT2D eigenvalue weighted by atomic mass is 16.5. The first-order valence-electron chi connectivity index (χ1n) is 9.59. The largest absolute Gasteiger partial charge is 0.381 e. The van der Waals surface area contributed by atoms with E-state index in [2.05, 4.69) is 6.92 Å². The predicted molar refractivity (Wildman–Crippen MR) is 90.8 cm³/mol. The van der Waals surface area contributed by atoms with Crippen molar-refractivity contribution in [1.82, 2.24) is 0 Å². The molecule has 0 aromatic rings. The Morgan fingerprint density at radius 2 is 1.43 bits per heavy atom. The van der Waals surface area contributed by atoms with Gasteiger partial charge in [-0.1, -0.05) is 64.7 Å². The molecule has 1 atom stereocenters. The normalized spacial score (nSPS) is 18.4. The van der Waals surface area contributed by atoms with Crippen molar-refractivity contribution in [1.29, 1.82) is 0 Å². The summed E-state index contributed by atoms with van der Waals surface area (Å²) >= 11 is 0. The molecule has 0 radical (unpaired) electrons. The first-order valence-corrected chi connectivity index (χ1v) is 9.59. The van der Waals surface area contributed by atoms with Crippen LogP contribution in [0.4, 0.5) is 0 Å². The van der Waals surface area contributed by atoms with Gasteiger partial charge >= 0.3 is 0 Å². The second-order valence-electron chi connectivity index (χ2n) is 6.67. The molecule has 1 aliphatic rings. The molecule has 0 N–H and O–H groups in total. The number of hydrogen-bond donors (Lipinski definition) is 0. The molecular formula is C19H38O2. The van der Waals surface area contributed by atoms with Gasteiger partial charge in [-0.3, -0.25) is 0 Å². The van der Waals surface area contributed by atoms with E-state index in [0.29, 0.717) is 0 Å². The van der Waals surface area contributed by atoms with E-state index in [1.54, 1.807) is 0 Å². The summed E-state index contributed by atoms with van der Waals surface area (Å²) in [5, 5.41) is 0. The third-order valence-corrected chi connectivity index (χ3v) is 4.57. The Hall–Kier alpha value is -0.0800. The van der Waals surface area contributed by atoms with E-state index in [4.69, 9.17) is 9.47 Å². The lowest BCUT2D eigenvalue weighted by molar-refractivity contribution is 0.120. The summed E-state index contributed by atoms with van der Waals surface area (Å²) in [6.07, 6.45) is 17.7. The van der Waals surface area contributed by atoms with Crippen LogP contribution in [0.2, 0.25) is 0 Å². The summed E-state index contributed by atoms with van der Waals surface area (Å²) in [7, 11) is 0. The van der Waals surface area contributed by atoms with Crippen LogP contribution in [0.1, 0.15) is 90.4 Å². The van der Waals surface area contributed by atoms with Crippen LogP contribution in [0.25, 0.3) is 0 Å². The van der Waals surface area contributed by atoms with Gasteiger partial charge < -0.3 is 9.47 Å². The van der Waals surface area contributed by atoms with E-state index in [9.17, 15) is 0 Å². The zero-order chi connectivity index (χ0) is 15.0. The van der Waals surface area contributed by atoms with Gasteiger partial charge in [-0.2, -0.15) is 0 Å². The fourth-order valence-corrected chi connectivity index (χ4v) is 3.08. The van der Waals surface area contributed by atoms with Crippen molar-refractivity contribution in [2.75, 3.05) is 26.4 Å². The first kappa shape index (κ1) is 19.0. The Morgan fingerprint density at radius 3 is 2.05 bits per heavy atom. The van der Waals surface area contributed by atoms with Gasteiger partial charge in [-0.15, -0.1) is 0 Å². The summed E-state index contributed by atoms with van der Waals surface area (Å²) in [6.45, 7) is 6.17. The molecule has 1 rings (SSSR count). The average molecular weight is 299 g/mol. The molecule has 1 fully saturated rings. The summed E-state index contributed by atoms with van der Waals surface area (Å²) in [5.74, 6) is 0.811. The molecule has 2 nitrogen and oxygen atoms in total. The molecule has 0 bridgehead atoms. The minimum absolute atomic E-state index is 0.811. The number of hydrogen-bond acceptors (Lipinski definition) is 2. The van der Waals surface area contributed by atoms with E-state index in [1.807, 2.05) is 0 Å². The highest BCUT2D eigenvalue weighted by molar-refractivity contribution is 4.63. The van der Waals surface area contributed by atoms with E-state index >= 15 is 0 Å². The Labute approximate surface area is 133 Å². The van der Waals surface area contributed by atoms with Crippen molar-refractivity contribution < 1.29 is 9.47 Å². The minimum Gasteiger partial charge on any atom is -0.381 e. The fraction of sp³-hybridized carbons (Fsp3) is 1.00. The molecule has 0 unspecified atom stereocenters. The van der Waals surface area contributed by atoms with Gasteiger partial charge in [-0.25, -0.2) is 0 Å². The van der Waals surface area contributed by atoms with Crippen molar-refractivity contribution in [2.24, 2.45) is 5.92 Å². The lowest BCUT2D eigenvalue weighted by Crippen LogP contribution is -2.03. The SMILES string of the molecule is CCCCCCCCCCCCOCCC[C@@H]1CCOC1. The van der Waals surface area contributed by atoms with E-state index in [-0.39, 0.29) is 0 Å². The maximum atomic E-state index is 5.72. The van der Waals surface area contributed by atoms with Gasteiger partial charge in [0.1, 0.15) is 0 Å². The monoisotopic (exact) mass is 298 g/mol. The van der Waals surface area contributed by atoms with Crippen LogP contribution in [0.15, 0.2) is 0 Å². The third kappa shape index (κ3) is 12.2. The first-order chi connectivity index (χ1) is 10.4. The Morgan fingerprint density at radius 1 is 0.810 bits per heavy atom. The zero-order valence-electron chi connectivity index (χ0n) is 14.4. The Balaban J connectivity index is 1.65. The van der Waals surface area contributed by atoms with Crippen molar-refractivity contribution in [3.63, 3.8) is 0 Å². The van der Waals surface area contributed by atoms with Gasteiger partial charge in [-0.05, 0) is 31.6 Å². The molecule has 126 valence electrons. The summed E-state index contributed by atoms with van der Waals surface area (Å²) < 4.78 is 11.1. The summed E-state index contributed by atoms with van der Waals surface area (Å²) in [5.41, 5.74) is 0. The van der Waals surface area contributed by atoms with Crippen LogP contribution in [0.5, 0.6) is 0 Å². The molecule has 1 heterocycles. The molecular weight excluding hydrogens is 260 g/mol. The van der Waals surface area contributed by atoms with Gasteiger partial charge in [0.15, 0.2) is 0 Å². The van der Waals surface area contributed by atoms with Crippen molar-refractivity contribution >= 4 is 0 Å². The van der Waals surface area contributed by atoms with Crippen molar-refractivity contribution in [3.05, 3.63) is 0 Å². The summed E-state index contributed by atoms with van der Waals surface area (Å²) in [4.78, 5) is 0. The Kier molecular flexibility index (Phi) is 13.4. The average Bonchev–Trinajstić information content (AvgIpc) is 3.01. The van der Waals surface area contributed by atoms with Gasteiger partial charge in [0.2, 0.25) is 0 Å². The summed E-state index contributed by atoms with van der Waals surface area (Å²) in [6, 6.07) is 0. The highest BCUT2D eigenvalue weighted by Crippen LogP contribution is 2.17.